The third-order valence-corrected chi connectivity index (χ3v) is 3.69. The normalized spacial score (nSPS) is 11.4. The molecular formula is C18H11FN4O3. The maximum absolute atomic E-state index is 13.7. The minimum Gasteiger partial charge on any atom is -0.478 e. The number of carboxylic acids is 1. The van der Waals surface area contributed by atoms with Gasteiger partial charge in [0.1, 0.15) is 11.5 Å². The Balaban J connectivity index is 1.80. The fourth-order valence-corrected chi connectivity index (χ4v) is 2.46. The Morgan fingerprint density at radius 2 is 1.92 bits per heavy atom. The molecule has 0 bridgehead atoms. The summed E-state index contributed by atoms with van der Waals surface area (Å²) in [6, 6.07) is 12.2. The van der Waals surface area contributed by atoms with Gasteiger partial charge in [-0.1, -0.05) is 0 Å². The van der Waals surface area contributed by atoms with Gasteiger partial charge >= 0.3 is 5.97 Å². The van der Waals surface area contributed by atoms with Gasteiger partial charge in [0.15, 0.2) is 17.3 Å². The van der Waals surface area contributed by atoms with Crippen LogP contribution in [0, 0.1) is 5.82 Å². The van der Waals surface area contributed by atoms with Gasteiger partial charge in [0.2, 0.25) is 0 Å². The number of azo groups is 1. The van der Waals surface area contributed by atoms with Crippen LogP contribution in [0.5, 0.6) is 0 Å². The fourth-order valence-electron chi connectivity index (χ4n) is 2.46. The highest BCUT2D eigenvalue weighted by Gasteiger charge is 2.16. The molecule has 3 aromatic heterocycles. The molecule has 0 fully saturated rings. The van der Waals surface area contributed by atoms with E-state index in [0.29, 0.717) is 28.6 Å². The Morgan fingerprint density at radius 3 is 2.62 bits per heavy atom. The number of halogens is 1. The molecule has 0 atom stereocenters. The number of pyridine rings is 1. The average molecular weight is 350 g/mol. The highest BCUT2D eigenvalue weighted by atomic mass is 19.1. The number of hydrogen-bond donors (Lipinski definition) is 1. The fraction of sp³-hybridized carbons (Fsp3) is 0. The summed E-state index contributed by atoms with van der Waals surface area (Å²) in [7, 11) is 0. The number of aromatic carboxylic acids is 1. The highest BCUT2D eigenvalue weighted by molar-refractivity contribution is 5.87. The average Bonchev–Trinajstić information content (AvgIpc) is 3.27. The second-order valence-electron chi connectivity index (χ2n) is 5.39. The Hall–Kier alpha value is -3.81. The Morgan fingerprint density at radius 1 is 1.12 bits per heavy atom. The van der Waals surface area contributed by atoms with E-state index in [0.717, 1.165) is 0 Å². The van der Waals surface area contributed by atoms with Crippen LogP contribution in [0.4, 0.5) is 15.9 Å². The van der Waals surface area contributed by atoms with Gasteiger partial charge in [0.05, 0.1) is 17.5 Å². The van der Waals surface area contributed by atoms with Gasteiger partial charge in [0.25, 0.3) is 0 Å². The van der Waals surface area contributed by atoms with Crippen molar-refractivity contribution in [2.75, 3.05) is 0 Å². The molecule has 0 saturated carbocycles. The van der Waals surface area contributed by atoms with Crippen LogP contribution in [-0.4, -0.2) is 20.5 Å². The van der Waals surface area contributed by atoms with Crippen molar-refractivity contribution in [3.63, 3.8) is 0 Å². The number of carbonyl (C=O) groups is 1. The van der Waals surface area contributed by atoms with Crippen LogP contribution in [0.3, 0.4) is 0 Å². The first-order valence-electron chi connectivity index (χ1n) is 7.58. The Kier molecular flexibility index (Phi) is 3.77. The lowest BCUT2D eigenvalue weighted by Gasteiger charge is -1.98. The molecule has 0 aliphatic rings. The number of aromatic nitrogens is 2. The van der Waals surface area contributed by atoms with Crippen molar-refractivity contribution >= 4 is 23.1 Å². The summed E-state index contributed by atoms with van der Waals surface area (Å²) in [5.74, 6) is -0.685. The van der Waals surface area contributed by atoms with E-state index in [1.165, 1.54) is 53.3 Å². The number of imidazole rings is 1. The lowest BCUT2D eigenvalue weighted by Crippen LogP contribution is -1.93. The van der Waals surface area contributed by atoms with Gasteiger partial charge in [-0.3, -0.25) is 4.40 Å². The number of carboxylic acid groups (broad SMARTS) is 1. The van der Waals surface area contributed by atoms with Crippen LogP contribution in [-0.2, 0) is 0 Å². The molecule has 0 spiro atoms. The first-order valence-corrected chi connectivity index (χ1v) is 7.58. The first kappa shape index (κ1) is 15.7. The molecule has 8 heteroatoms. The molecule has 0 radical (unpaired) electrons. The molecule has 0 unspecified atom stereocenters. The second-order valence-corrected chi connectivity index (χ2v) is 5.39. The topological polar surface area (TPSA) is 92.5 Å². The lowest BCUT2D eigenvalue weighted by atomic mass is 10.2. The van der Waals surface area contributed by atoms with Crippen LogP contribution >= 0.6 is 0 Å². The number of nitrogens with zero attached hydrogens (tertiary/aromatic N) is 4. The van der Waals surface area contributed by atoms with Gasteiger partial charge in [0, 0.05) is 6.20 Å². The van der Waals surface area contributed by atoms with Crippen molar-refractivity contribution in [3.8, 4) is 11.5 Å². The number of fused-ring (bicyclic) bond motifs is 1. The van der Waals surface area contributed by atoms with Crippen LogP contribution in [0.25, 0.3) is 17.1 Å². The third kappa shape index (κ3) is 2.84. The van der Waals surface area contributed by atoms with E-state index in [2.05, 4.69) is 15.2 Å². The SMILES string of the molecule is O=C(O)c1ccc(N=Nc2c(-c3ccco3)nc3ccc(F)cn23)cc1. The smallest absolute Gasteiger partial charge is 0.335 e. The van der Waals surface area contributed by atoms with Gasteiger partial charge in [-0.15, -0.1) is 10.2 Å². The maximum atomic E-state index is 13.7. The molecule has 4 rings (SSSR count). The monoisotopic (exact) mass is 350 g/mol. The van der Waals surface area contributed by atoms with Gasteiger partial charge in [-0.25, -0.2) is 14.2 Å². The summed E-state index contributed by atoms with van der Waals surface area (Å²) in [4.78, 5) is 15.3. The van der Waals surface area contributed by atoms with Crippen LogP contribution in [0.15, 0.2) is 75.6 Å². The van der Waals surface area contributed by atoms with E-state index in [-0.39, 0.29) is 5.56 Å². The van der Waals surface area contributed by atoms with Crippen LogP contribution < -0.4 is 0 Å². The van der Waals surface area contributed by atoms with Gasteiger partial charge in [-0.05, 0) is 48.5 Å². The summed E-state index contributed by atoms with van der Waals surface area (Å²) in [6.07, 6.45) is 2.77. The van der Waals surface area contributed by atoms with Gasteiger partial charge in [-0.2, -0.15) is 0 Å². The molecule has 1 N–H and O–H groups in total. The minimum absolute atomic E-state index is 0.150. The van der Waals surface area contributed by atoms with Crippen molar-refractivity contribution in [1.82, 2.24) is 9.38 Å². The standard InChI is InChI=1S/C18H11FN4O3/c19-12-5-8-15-20-16(14-2-1-9-26-14)17(23(15)10-12)22-21-13-6-3-11(4-7-13)18(24)25/h1-10H,(H,24,25). The highest BCUT2D eigenvalue weighted by Crippen LogP contribution is 2.32. The molecule has 0 saturated heterocycles. The molecule has 0 aliphatic carbocycles. The van der Waals surface area contributed by atoms with Crippen molar-refractivity contribution in [3.05, 3.63) is 72.4 Å². The first-order chi connectivity index (χ1) is 12.6. The van der Waals surface area contributed by atoms with Crippen molar-refractivity contribution in [2.45, 2.75) is 0 Å². The second kappa shape index (κ2) is 6.25. The molecule has 0 aliphatic heterocycles. The van der Waals surface area contributed by atoms with Crippen molar-refractivity contribution < 1.29 is 18.7 Å². The van der Waals surface area contributed by atoms with Gasteiger partial charge < -0.3 is 9.52 Å². The molecule has 3 heterocycles. The zero-order valence-corrected chi connectivity index (χ0v) is 13.2. The number of rotatable bonds is 4. The predicted molar refractivity (Wildman–Crippen MR) is 90.4 cm³/mol. The van der Waals surface area contributed by atoms with Crippen molar-refractivity contribution in [1.29, 1.82) is 0 Å². The number of hydrogen-bond acceptors (Lipinski definition) is 5. The largest absolute Gasteiger partial charge is 0.478 e. The van der Waals surface area contributed by atoms with Crippen LogP contribution in [0.2, 0.25) is 0 Å². The summed E-state index contributed by atoms with van der Waals surface area (Å²) in [6.45, 7) is 0. The zero-order valence-electron chi connectivity index (χ0n) is 13.2. The quantitative estimate of drug-likeness (QED) is 0.533. The third-order valence-electron chi connectivity index (χ3n) is 3.69. The summed E-state index contributed by atoms with van der Waals surface area (Å²) >= 11 is 0. The van der Waals surface area contributed by atoms with Crippen molar-refractivity contribution in [2.24, 2.45) is 10.2 Å². The molecule has 1 aromatic carbocycles. The van der Waals surface area contributed by atoms with E-state index in [1.807, 2.05) is 0 Å². The molecule has 0 amide bonds. The molecule has 26 heavy (non-hydrogen) atoms. The van der Waals surface area contributed by atoms with E-state index >= 15 is 0 Å². The van der Waals surface area contributed by atoms with E-state index in [9.17, 15) is 9.18 Å². The van der Waals surface area contributed by atoms with E-state index < -0.39 is 11.8 Å². The summed E-state index contributed by atoms with van der Waals surface area (Å²) < 4.78 is 20.5. The van der Waals surface area contributed by atoms with E-state index in [4.69, 9.17) is 9.52 Å². The Bertz CT molecular complexity index is 1120. The molecular weight excluding hydrogens is 339 g/mol. The predicted octanol–water partition coefficient (Wildman–Crippen LogP) is 4.85. The maximum Gasteiger partial charge on any atom is 0.335 e. The molecule has 4 aromatic rings. The number of benzene rings is 1. The van der Waals surface area contributed by atoms with E-state index in [1.54, 1.807) is 12.1 Å². The molecule has 128 valence electrons. The van der Waals surface area contributed by atoms with Crippen LogP contribution in [0.1, 0.15) is 10.4 Å². The Labute approximate surface area is 146 Å². The molecule has 7 nitrogen and oxygen atoms in total. The number of furan rings is 1. The minimum atomic E-state index is -1.02. The lowest BCUT2D eigenvalue weighted by molar-refractivity contribution is 0.0697. The zero-order chi connectivity index (χ0) is 18.1. The summed E-state index contributed by atoms with van der Waals surface area (Å²) in [5.41, 5.74) is 1.52. The summed E-state index contributed by atoms with van der Waals surface area (Å²) in [5, 5.41) is 17.2.